The van der Waals surface area contributed by atoms with Crippen LogP contribution >= 0.6 is 11.3 Å². The fourth-order valence-electron chi connectivity index (χ4n) is 2.32. The summed E-state index contributed by atoms with van der Waals surface area (Å²) in [6, 6.07) is 9.90. The normalized spacial score (nSPS) is 11.4. The molecule has 0 spiro atoms. The summed E-state index contributed by atoms with van der Waals surface area (Å²) in [5.41, 5.74) is 6.35. The van der Waals surface area contributed by atoms with Crippen LogP contribution in [0.3, 0.4) is 0 Å². The number of benzene rings is 1. The van der Waals surface area contributed by atoms with E-state index in [1.54, 1.807) is 0 Å². The number of hydrogen-bond acceptors (Lipinski definition) is 5. The van der Waals surface area contributed by atoms with Gasteiger partial charge in [-0.25, -0.2) is 0 Å². The first-order valence-corrected chi connectivity index (χ1v) is 8.33. The molecule has 0 radical (unpaired) electrons. The molecular weight excluding hydrogens is 296 g/mol. The molecule has 0 aliphatic carbocycles. The minimum Gasteiger partial charge on any atom is -0.349 e. The second kappa shape index (κ2) is 7.47. The molecule has 2 aromatic rings. The third-order valence-corrected chi connectivity index (χ3v) is 5.09. The van der Waals surface area contributed by atoms with E-state index in [-0.39, 0.29) is 5.91 Å². The highest BCUT2D eigenvalue weighted by molar-refractivity contribution is 7.14. The Morgan fingerprint density at radius 1 is 1.23 bits per heavy atom. The van der Waals surface area contributed by atoms with Gasteiger partial charge in [0.1, 0.15) is 10.0 Å². The molecule has 0 saturated carbocycles. The zero-order valence-corrected chi connectivity index (χ0v) is 13.8. The van der Waals surface area contributed by atoms with Gasteiger partial charge in [-0.05, 0) is 12.8 Å². The molecule has 6 heteroatoms. The second-order valence-corrected chi connectivity index (χ2v) is 6.30. The van der Waals surface area contributed by atoms with Crippen molar-refractivity contribution in [2.24, 2.45) is 11.1 Å². The quantitative estimate of drug-likeness (QED) is 0.822. The van der Waals surface area contributed by atoms with Gasteiger partial charge in [0.15, 0.2) is 0 Å². The largest absolute Gasteiger partial charge is 0.349 e. The topological polar surface area (TPSA) is 80.9 Å². The van der Waals surface area contributed by atoms with Crippen LogP contribution in [0.25, 0.3) is 10.6 Å². The second-order valence-electron chi connectivity index (χ2n) is 5.24. The maximum Gasteiger partial charge on any atom is 0.227 e. The highest BCUT2D eigenvalue weighted by atomic mass is 32.1. The zero-order valence-electron chi connectivity index (χ0n) is 13.0. The van der Waals surface area contributed by atoms with Crippen molar-refractivity contribution in [1.29, 1.82) is 0 Å². The first-order chi connectivity index (χ1) is 10.6. The molecule has 1 aromatic carbocycles. The van der Waals surface area contributed by atoms with Gasteiger partial charge in [-0.3, -0.25) is 4.79 Å². The Morgan fingerprint density at radius 2 is 1.91 bits per heavy atom. The third-order valence-electron chi connectivity index (χ3n) is 4.11. The Kier molecular flexibility index (Phi) is 5.63. The lowest BCUT2D eigenvalue weighted by molar-refractivity contribution is -0.131. The third kappa shape index (κ3) is 3.51. The summed E-state index contributed by atoms with van der Waals surface area (Å²) < 4.78 is 0. The van der Waals surface area contributed by atoms with E-state index >= 15 is 0 Å². The molecule has 0 aliphatic heterocycles. The number of nitrogens with zero attached hydrogens (tertiary/aromatic N) is 2. The van der Waals surface area contributed by atoms with Crippen molar-refractivity contribution in [1.82, 2.24) is 15.5 Å². The Morgan fingerprint density at radius 3 is 2.50 bits per heavy atom. The summed E-state index contributed by atoms with van der Waals surface area (Å²) in [6.45, 7) is 4.74. The fourth-order valence-corrected chi connectivity index (χ4v) is 3.10. The number of hydrogen-bond donors (Lipinski definition) is 2. The average Bonchev–Trinajstić information content (AvgIpc) is 3.05. The molecule has 0 fully saturated rings. The highest BCUT2D eigenvalue weighted by Crippen LogP contribution is 2.26. The number of carbonyl (C=O) groups is 1. The predicted octanol–water partition coefficient (Wildman–Crippen LogP) is 2.59. The smallest absolute Gasteiger partial charge is 0.227 e. The van der Waals surface area contributed by atoms with Gasteiger partial charge in [-0.15, -0.1) is 10.2 Å². The Labute approximate surface area is 135 Å². The lowest BCUT2D eigenvalue weighted by Crippen LogP contribution is -2.45. The molecule has 0 atom stereocenters. The lowest BCUT2D eigenvalue weighted by Gasteiger charge is -2.28. The van der Waals surface area contributed by atoms with Crippen LogP contribution in [0.5, 0.6) is 0 Å². The minimum absolute atomic E-state index is 0.00328. The van der Waals surface area contributed by atoms with Crippen molar-refractivity contribution >= 4 is 17.2 Å². The van der Waals surface area contributed by atoms with Crippen molar-refractivity contribution in [2.75, 3.05) is 6.54 Å². The lowest BCUT2D eigenvalue weighted by atomic mass is 9.81. The summed E-state index contributed by atoms with van der Waals surface area (Å²) in [4.78, 5) is 12.4. The van der Waals surface area contributed by atoms with E-state index < -0.39 is 5.41 Å². The average molecular weight is 318 g/mol. The molecule has 2 rings (SSSR count). The van der Waals surface area contributed by atoms with Crippen LogP contribution < -0.4 is 11.1 Å². The summed E-state index contributed by atoms with van der Waals surface area (Å²) in [5, 5.41) is 12.9. The van der Waals surface area contributed by atoms with E-state index in [2.05, 4.69) is 15.5 Å². The van der Waals surface area contributed by atoms with Crippen molar-refractivity contribution in [3.63, 3.8) is 0 Å². The fraction of sp³-hybridized carbons (Fsp3) is 0.438. The molecule has 5 nitrogen and oxygen atoms in total. The van der Waals surface area contributed by atoms with E-state index in [4.69, 9.17) is 5.73 Å². The van der Waals surface area contributed by atoms with E-state index in [0.29, 0.717) is 13.1 Å². The zero-order chi connectivity index (χ0) is 16.0. The number of aromatic nitrogens is 2. The van der Waals surface area contributed by atoms with Gasteiger partial charge < -0.3 is 11.1 Å². The van der Waals surface area contributed by atoms with Gasteiger partial charge in [-0.1, -0.05) is 55.5 Å². The van der Waals surface area contributed by atoms with Gasteiger partial charge >= 0.3 is 0 Å². The molecule has 0 unspecified atom stereocenters. The molecule has 1 amide bonds. The van der Waals surface area contributed by atoms with Crippen LogP contribution in [0.2, 0.25) is 0 Å². The van der Waals surface area contributed by atoms with Gasteiger partial charge in [0.25, 0.3) is 0 Å². The van der Waals surface area contributed by atoms with Crippen LogP contribution in [0.4, 0.5) is 0 Å². The Hall–Kier alpha value is -1.79. The minimum atomic E-state index is -0.479. The van der Waals surface area contributed by atoms with Gasteiger partial charge in [0.2, 0.25) is 5.91 Å². The molecule has 22 heavy (non-hydrogen) atoms. The number of amides is 1. The van der Waals surface area contributed by atoms with Crippen molar-refractivity contribution in [3.8, 4) is 10.6 Å². The molecule has 0 saturated heterocycles. The van der Waals surface area contributed by atoms with E-state index in [1.165, 1.54) is 11.3 Å². The first kappa shape index (κ1) is 16.6. The van der Waals surface area contributed by atoms with Crippen molar-refractivity contribution in [3.05, 3.63) is 35.3 Å². The summed E-state index contributed by atoms with van der Waals surface area (Å²) >= 11 is 1.49. The van der Waals surface area contributed by atoms with E-state index in [1.807, 2.05) is 44.2 Å². The molecular formula is C16H22N4OS. The van der Waals surface area contributed by atoms with Gasteiger partial charge in [0, 0.05) is 12.1 Å². The summed E-state index contributed by atoms with van der Waals surface area (Å²) in [6.07, 6.45) is 1.47. The van der Waals surface area contributed by atoms with Crippen LogP contribution in [-0.4, -0.2) is 22.6 Å². The molecule has 1 aromatic heterocycles. The molecule has 118 valence electrons. The Balaban J connectivity index is 2.01. The van der Waals surface area contributed by atoms with E-state index in [0.717, 1.165) is 28.4 Å². The molecule has 0 bridgehead atoms. The molecule has 1 heterocycles. The number of carbonyl (C=O) groups excluding carboxylic acids is 1. The van der Waals surface area contributed by atoms with Crippen LogP contribution in [0, 0.1) is 5.41 Å². The monoisotopic (exact) mass is 318 g/mol. The maximum atomic E-state index is 12.4. The van der Waals surface area contributed by atoms with Crippen LogP contribution in [-0.2, 0) is 11.3 Å². The predicted molar refractivity (Wildman–Crippen MR) is 89.3 cm³/mol. The molecule has 0 aliphatic rings. The molecule has 3 N–H and O–H groups in total. The highest BCUT2D eigenvalue weighted by Gasteiger charge is 2.33. The SMILES string of the molecule is CCC(CC)(CN)C(=O)NCc1nnc(-c2ccccc2)s1. The standard InChI is InChI=1S/C16H22N4OS/c1-3-16(4-2,11-17)15(21)18-10-13-19-20-14(22-13)12-8-6-5-7-9-12/h5-9H,3-4,10-11,17H2,1-2H3,(H,18,21). The van der Waals surface area contributed by atoms with E-state index in [9.17, 15) is 4.79 Å². The van der Waals surface area contributed by atoms with Crippen molar-refractivity contribution < 1.29 is 4.79 Å². The first-order valence-electron chi connectivity index (χ1n) is 7.51. The number of nitrogens with one attached hydrogen (secondary N) is 1. The number of nitrogens with two attached hydrogens (primary N) is 1. The maximum absolute atomic E-state index is 12.4. The number of rotatable bonds is 7. The van der Waals surface area contributed by atoms with Crippen LogP contribution in [0.15, 0.2) is 30.3 Å². The van der Waals surface area contributed by atoms with Crippen molar-refractivity contribution in [2.45, 2.75) is 33.2 Å². The summed E-state index contributed by atoms with van der Waals surface area (Å²) in [5.74, 6) is -0.00328. The summed E-state index contributed by atoms with van der Waals surface area (Å²) in [7, 11) is 0. The van der Waals surface area contributed by atoms with Gasteiger partial charge in [0.05, 0.1) is 12.0 Å². The Bertz CT molecular complexity index is 599. The van der Waals surface area contributed by atoms with Gasteiger partial charge in [-0.2, -0.15) is 0 Å². The van der Waals surface area contributed by atoms with Crippen LogP contribution in [0.1, 0.15) is 31.7 Å².